The molecule has 0 unspecified atom stereocenters. The van der Waals surface area contributed by atoms with Gasteiger partial charge in [0.15, 0.2) is 6.61 Å². The number of hydrogen-bond acceptors (Lipinski definition) is 5. The van der Waals surface area contributed by atoms with Crippen LogP contribution in [-0.2, 0) is 22.6 Å². The molecule has 7 nitrogen and oxygen atoms in total. The zero-order valence-electron chi connectivity index (χ0n) is 17.4. The summed E-state index contributed by atoms with van der Waals surface area (Å²) in [6.07, 6.45) is 5.71. The fraction of sp³-hybridized carbons (Fsp3) is 0.391. The Labute approximate surface area is 176 Å². The van der Waals surface area contributed by atoms with Crippen LogP contribution in [0.2, 0.25) is 0 Å². The number of pyridine rings is 1. The number of hydrogen-bond donors (Lipinski definition) is 0. The maximum atomic E-state index is 12.7. The normalized spacial score (nSPS) is 14.9. The molecule has 3 aromatic rings. The molecule has 158 valence electrons. The van der Waals surface area contributed by atoms with Crippen LogP contribution in [-0.4, -0.2) is 71.8 Å². The minimum absolute atomic E-state index is 0.0341. The number of piperazine rings is 1. The van der Waals surface area contributed by atoms with Crippen molar-refractivity contribution in [3.8, 4) is 5.75 Å². The molecule has 0 N–H and O–H groups in total. The van der Waals surface area contributed by atoms with E-state index in [2.05, 4.69) is 26.6 Å². The number of fused-ring (bicyclic) bond motifs is 1. The van der Waals surface area contributed by atoms with Crippen LogP contribution >= 0.6 is 0 Å². The van der Waals surface area contributed by atoms with E-state index in [9.17, 15) is 4.79 Å². The molecular weight excluding hydrogens is 380 g/mol. The van der Waals surface area contributed by atoms with Gasteiger partial charge in [0.1, 0.15) is 5.75 Å². The lowest BCUT2D eigenvalue weighted by Crippen LogP contribution is -2.49. The van der Waals surface area contributed by atoms with Crippen LogP contribution < -0.4 is 4.74 Å². The Bertz CT molecular complexity index is 965. The summed E-state index contributed by atoms with van der Waals surface area (Å²) in [6, 6.07) is 12.0. The second-order valence-corrected chi connectivity index (χ2v) is 7.50. The molecule has 0 spiro atoms. The van der Waals surface area contributed by atoms with E-state index < -0.39 is 0 Å². The van der Waals surface area contributed by atoms with Gasteiger partial charge in [-0.05, 0) is 29.8 Å². The number of carbonyl (C=O) groups excluding carboxylic acids is 1. The van der Waals surface area contributed by atoms with E-state index in [1.165, 1.54) is 5.56 Å². The highest BCUT2D eigenvalue weighted by Gasteiger charge is 2.21. The highest BCUT2D eigenvalue weighted by atomic mass is 16.5. The fourth-order valence-corrected chi connectivity index (χ4v) is 3.84. The molecule has 0 saturated carbocycles. The van der Waals surface area contributed by atoms with Gasteiger partial charge in [0.05, 0.1) is 12.1 Å². The van der Waals surface area contributed by atoms with Gasteiger partial charge in [-0.25, -0.2) is 0 Å². The average molecular weight is 409 g/mol. The Morgan fingerprint density at radius 2 is 1.97 bits per heavy atom. The predicted octanol–water partition coefficient (Wildman–Crippen LogP) is 2.41. The lowest BCUT2D eigenvalue weighted by molar-refractivity contribution is -0.135. The van der Waals surface area contributed by atoms with Crippen LogP contribution in [0.4, 0.5) is 0 Å². The zero-order valence-corrected chi connectivity index (χ0v) is 17.4. The van der Waals surface area contributed by atoms with Crippen LogP contribution in [0.3, 0.4) is 0 Å². The second kappa shape index (κ2) is 9.73. The summed E-state index contributed by atoms with van der Waals surface area (Å²) in [5.41, 5.74) is 2.28. The summed E-state index contributed by atoms with van der Waals surface area (Å²) < 4.78 is 13.2. The first-order valence-electron chi connectivity index (χ1n) is 10.3. The predicted molar refractivity (Wildman–Crippen MR) is 115 cm³/mol. The molecule has 1 amide bonds. The first-order chi connectivity index (χ1) is 14.7. The zero-order chi connectivity index (χ0) is 20.8. The molecule has 0 radical (unpaired) electrons. The number of methoxy groups -OCH3 is 1. The number of aromatic nitrogens is 2. The van der Waals surface area contributed by atoms with Crippen LogP contribution in [0.1, 0.15) is 5.56 Å². The molecule has 3 heterocycles. The van der Waals surface area contributed by atoms with Crippen molar-refractivity contribution in [3.63, 3.8) is 0 Å². The van der Waals surface area contributed by atoms with Gasteiger partial charge in [-0.15, -0.1) is 0 Å². The van der Waals surface area contributed by atoms with Crippen molar-refractivity contribution in [2.75, 3.05) is 46.5 Å². The third-order valence-electron chi connectivity index (χ3n) is 5.52. The number of nitrogens with zero attached hydrogens (tertiary/aromatic N) is 4. The summed E-state index contributed by atoms with van der Waals surface area (Å²) in [5.74, 6) is 0.777. The van der Waals surface area contributed by atoms with Gasteiger partial charge >= 0.3 is 0 Å². The Hall–Kier alpha value is -2.90. The number of amides is 1. The summed E-state index contributed by atoms with van der Waals surface area (Å²) in [6.45, 7) is 5.53. The van der Waals surface area contributed by atoms with Crippen molar-refractivity contribution in [2.45, 2.75) is 13.1 Å². The van der Waals surface area contributed by atoms with E-state index in [1.807, 2.05) is 41.6 Å². The quantitative estimate of drug-likeness (QED) is 0.573. The van der Waals surface area contributed by atoms with E-state index in [0.717, 1.165) is 55.9 Å². The topological polar surface area (TPSA) is 59.8 Å². The third-order valence-corrected chi connectivity index (χ3v) is 5.52. The maximum Gasteiger partial charge on any atom is 0.260 e. The molecule has 7 heteroatoms. The number of carbonyl (C=O) groups is 1. The van der Waals surface area contributed by atoms with Crippen molar-refractivity contribution < 1.29 is 14.3 Å². The molecule has 1 aliphatic heterocycles. The number of rotatable bonds is 8. The van der Waals surface area contributed by atoms with Gasteiger partial charge in [-0.3, -0.25) is 14.7 Å². The number of benzene rings is 1. The Kier molecular flexibility index (Phi) is 6.61. The summed E-state index contributed by atoms with van der Waals surface area (Å²) in [7, 11) is 1.70. The molecule has 2 aromatic heterocycles. The summed E-state index contributed by atoms with van der Waals surface area (Å²) in [4.78, 5) is 21.1. The van der Waals surface area contributed by atoms with Gasteiger partial charge in [0, 0.05) is 70.4 Å². The largest absolute Gasteiger partial charge is 0.483 e. The van der Waals surface area contributed by atoms with Crippen molar-refractivity contribution >= 4 is 16.8 Å². The first-order valence-corrected chi connectivity index (χ1v) is 10.3. The fourth-order valence-electron chi connectivity index (χ4n) is 3.84. The molecule has 1 saturated heterocycles. The Balaban J connectivity index is 1.29. The SMILES string of the molecule is COCCn1ccc2c(OCC(=O)N3CCN(Cc4cccnc4)CC3)cccc21. The summed E-state index contributed by atoms with van der Waals surface area (Å²) >= 11 is 0. The van der Waals surface area contributed by atoms with Crippen LogP contribution in [0.15, 0.2) is 55.0 Å². The van der Waals surface area contributed by atoms with Crippen LogP contribution in [0, 0.1) is 0 Å². The first kappa shape index (κ1) is 20.4. The number of ether oxygens (including phenoxy) is 2. The van der Waals surface area contributed by atoms with Crippen molar-refractivity contribution in [1.82, 2.24) is 19.4 Å². The van der Waals surface area contributed by atoms with Gasteiger partial charge in [-0.1, -0.05) is 12.1 Å². The molecule has 1 fully saturated rings. The van der Waals surface area contributed by atoms with E-state index >= 15 is 0 Å². The highest BCUT2D eigenvalue weighted by Crippen LogP contribution is 2.26. The van der Waals surface area contributed by atoms with E-state index in [1.54, 1.807) is 13.3 Å². The molecule has 4 rings (SSSR count). The van der Waals surface area contributed by atoms with Crippen molar-refractivity contribution in [1.29, 1.82) is 0 Å². The minimum Gasteiger partial charge on any atom is -0.483 e. The lowest BCUT2D eigenvalue weighted by Gasteiger charge is -2.34. The molecule has 30 heavy (non-hydrogen) atoms. The van der Waals surface area contributed by atoms with Gasteiger partial charge < -0.3 is 18.9 Å². The monoisotopic (exact) mass is 408 g/mol. The van der Waals surface area contributed by atoms with Gasteiger partial charge in [0.25, 0.3) is 5.91 Å². The Morgan fingerprint density at radius 1 is 1.10 bits per heavy atom. The van der Waals surface area contributed by atoms with E-state index in [0.29, 0.717) is 6.61 Å². The highest BCUT2D eigenvalue weighted by molar-refractivity contribution is 5.87. The molecule has 0 aliphatic carbocycles. The van der Waals surface area contributed by atoms with Gasteiger partial charge in [0.2, 0.25) is 0 Å². The molecular formula is C23H28N4O3. The van der Waals surface area contributed by atoms with Crippen LogP contribution in [0.5, 0.6) is 5.75 Å². The summed E-state index contributed by atoms with van der Waals surface area (Å²) in [5, 5.41) is 1.02. The molecule has 1 aromatic carbocycles. The van der Waals surface area contributed by atoms with Crippen LogP contribution in [0.25, 0.3) is 10.9 Å². The average Bonchev–Trinajstić information content (AvgIpc) is 3.21. The molecule has 0 atom stereocenters. The van der Waals surface area contributed by atoms with E-state index in [-0.39, 0.29) is 12.5 Å². The third kappa shape index (κ3) is 4.80. The van der Waals surface area contributed by atoms with Crippen molar-refractivity contribution in [2.24, 2.45) is 0 Å². The standard InChI is InChI=1S/C23H28N4O3/c1-29-15-14-26-9-7-20-21(26)5-2-6-22(20)30-18-23(28)27-12-10-25(11-13-27)17-19-4-3-8-24-16-19/h2-9,16H,10-15,17-18H2,1H3. The minimum atomic E-state index is 0.0341. The molecule has 0 bridgehead atoms. The van der Waals surface area contributed by atoms with Gasteiger partial charge in [-0.2, -0.15) is 0 Å². The molecule has 1 aliphatic rings. The van der Waals surface area contributed by atoms with Crippen molar-refractivity contribution in [3.05, 3.63) is 60.6 Å². The maximum absolute atomic E-state index is 12.7. The second-order valence-electron chi connectivity index (χ2n) is 7.50. The lowest BCUT2D eigenvalue weighted by atomic mass is 10.2. The van der Waals surface area contributed by atoms with E-state index in [4.69, 9.17) is 9.47 Å². The smallest absolute Gasteiger partial charge is 0.260 e. The Morgan fingerprint density at radius 3 is 2.73 bits per heavy atom.